The van der Waals surface area contributed by atoms with Crippen molar-refractivity contribution >= 4 is 37.0 Å². The van der Waals surface area contributed by atoms with Gasteiger partial charge in [0.15, 0.2) is 0 Å². The molecule has 0 saturated carbocycles. The monoisotopic (exact) mass is 335 g/mol. The third-order valence-electron chi connectivity index (χ3n) is 3.48. The van der Waals surface area contributed by atoms with Gasteiger partial charge in [-0.1, -0.05) is 19.4 Å². The predicted octanol–water partition coefficient (Wildman–Crippen LogP) is 3.01. The summed E-state index contributed by atoms with van der Waals surface area (Å²) in [5, 5.41) is 2.00. The van der Waals surface area contributed by atoms with Gasteiger partial charge < -0.3 is 4.90 Å². The molecular weight excluding hydrogens is 318 g/mol. The van der Waals surface area contributed by atoms with Gasteiger partial charge in [0, 0.05) is 34.4 Å². The Morgan fingerprint density at radius 2 is 2.30 bits per heavy atom. The molecule has 0 bridgehead atoms. The Morgan fingerprint density at radius 1 is 1.55 bits per heavy atom. The third kappa shape index (κ3) is 3.96. The van der Waals surface area contributed by atoms with E-state index in [1.807, 2.05) is 22.4 Å². The molecule has 2 unspecified atom stereocenters. The molecule has 2 heterocycles. The Labute approximate surface area is 128 Å². The van der Waals surface area contributed by atoms with Crippen LogP contribution in [0.4, 0.5) is 0 Å². The van der Waals surface area contributed by atoms with Crippen LogP contribution in [0.25, 0.3) is 0 Å². The Bertz CT molecular complexity index is 556. The first-order chi connectivity index (χ1) is 9.40. The van der Waals surface area contributed by atoms with Crippen molar-refractivity contribution in [1.82, 2.24) is 4.90 Å². The SMILES string of the molecule is CCCC(c1cccs1)N1CC(CS(=O)(=O)Cl)CC1=O. The lowest BCUT2D eigenvalue weighted by Crippen LogP contribution is -2.30. The second-order valence-corrected chi connectivity index (χ2v) is 8.94. The molecule has 7 heteroatoms. The number of carbonyl (C=O) groups is 1. The highest BCUT2D eigenvalue weighted by atomic mass is 35.7. The molecule has 1 aromatic rings. The maximum absolute atomic E-state index is 12.2. The van der Waals surface area contributed by atoms with Gasteiger partial charge in [-0.05, 0) is 17.9 Å². The summed E-state index contributed by atoms with van der Waals surface area (Å²) in [5.74, 6) is -0.286. The Morgan fingerprint density at radius 3 is 2.85 bits per heavy atom. The van der Waals surface area contributed by atoms with E-state index < -0.39 is 9.05 Å². The summed E-state index contributed by atoms with van der Waals surface area (Å²) in [6.45, 7) is 2.56. The number of thiophene rings is 1. The molecule has 1 saturated heterocycles. The summed E-state index contributed by atoms with van der Waals surface area (Å²) in [6, 6.07) is 4.07. The van der Waals surface area contributed by atoms with Gasteiger partial charge in [0.05, 0.1) is 11.8 Å². The molecule has 20 heavy (non-hydrogen) atoms. The molecule has 1 aliphatic heterocycles. The molecule has 1 aromatic heterocycles. The van der Waals surface area contributed by atoms with E-state index in [1.165, 1.54) is 0 Å². The molecule has 0 radical (unpaired) electrons. The van der Waals surface area contributed by atoms with Crippen LogP contribution in [-0.2, 0) is 13.8 Å². The van der Waals surface area contributed by atoms with Crippen LogP contribution in [-0.4, -0.2) is 31.5 Å². The summed E-state index contributed by atoms with van der Waals surface area (Å²) in [6.07, 6.45) is 2.15. The van der Waals surface area contributed by atoms with E-state index in [9.17, 15) is 13.2 Å². The maximum Gasteiger partial charge on any atom is 0.232 e. The summed E-state index contributed by atoms with van der Waals surface area (Å²) in [4.78, 5) is 15.2. The van der Waals surface area contributed by atoms with Crippen molar-refractivity contribution in [3.05, 3.63) is 22.4 Å². The summed E-state index contributed by atoms with van der Waals surface area (Å²) < 4.78 is 22.3. The van der Waals surface area contributed by atoms with E-state index in [2.05, 4.69) is 6.92 Å². The van der Waals surface area contributed by atoms with Gasteiger partial charge in [0.1, 0.15) is 0 Å². The van der Waals surface area contributed by atoms with Gasteiger partial charge in [0.25, 0.3) is 0 Å². The fraction of sp³-hybridized carbons (Fsp3) is 0.615. The van der Waals surface area contributed by atoms with Crippen LogP contribution in [0.15, 0.2) is 17.5 Å². The first-order valence-electron chi connectivity index (χ1n) is 6.66. The quantitative estimate of drug-likeness (QED) is 0.751. The lowest BCUT2D eigenvalue weighted by atomic mass is 10.1. The van der Waals surface area contributed by atoms with Crippen molar-refractivity contribution in [3.63, 3.8) is 0 Å². The molecule has 1 fully saturated rings. The van der Waals surface area contributed by atoms with E-state index in [0.29, 0.717) is 6.54 Å². The lowest BCUT2D eigenvalue weighted by Gasteiger charge is -2.27. The van der Waals surface area contributed by atoms with Gasteiger partial charge in [-0.15, -0.1) is 11.3 Å². The van der Waals surface area contributed by atoms with Crippen molar-refractivity contribution in [2.75, 3.05) is 12.3 Å². The van der Waals surface area contributed by atoms with E-state index in [4.69, 9.17) is 10.7 Å². The van der Waals surface area contributed by atoms with E-state index in [1.54, 1.807) is 11.3 Å². The minimum absolute atomic E-state index is 0.0298. The number of rotatable bonds is 6. The molecular formula is C13H18ClNO3S2. The molecule has 4 nitrogen and oxygen atoms in total. The molecule has 0 spiro atoms. The van der Waals surface area contributed by atoms with Crippen molar-refractivity contribution < 1.29 is 13.2 Å². The molecule has 1 aliphatic rings. The van der Waals surface area contributed by atoms with Gasteiger partial charge in [-0.25, -0.2) is 8.42 Å². The fourth-order valence-electron chi connectivity index (χ4n) is 2.71. The number of amides is 1. The van der Waals surface area contributed by atoms with Crippen LogP contribution < -0.4 is 0 Å². The molecule has 112 valence electrons. The Balaban J connectivity index is 2.12. The number of hydrogen-bond donors (Lipinski definition) is 0. The number of likely N-dealkylation sites (tertiary alicyclic amines) is 1. The van der Waals surface area contributed by atoms with Crippen molar-refractivity contribution in [3.8, 4) is 0 Å². The molecule has 2 rings (SSSR count). The van der Waals surface area contributed by atoms with Crippen molar-refractivity contribution in [2.45, 2.75) is 32.2 Å². The highest BCUT2D eigenvalue weighted by molar-refractivity contribution is 8.13. The fourth-order valence-corrected chi connectivity index (χ4v) is 4.90. The largest absolute Gasteiger partial charge is 0.335 e. The zero-order valence-electron chi connectivity index (χ0n) is 11.3. The van der Waals surface area contributed by atoms with E-state index >= 15 is 0 Å². The second kappa shape index (κ2) is 6.45. The van der Waals surface area contributed by atoms with Gasteiger partial charge in [0.2, 0.25) is 15.0 Å². The van der Waals surface area contributed by atoms with E-state index in [0.717, 1.165) is 17.7 Å². The van der Waals surface area contributed by atoms with Crippen molar-refractivity contribution in [1.29, 1.82) is 0 Å². The van der Waals surface area contributed by atoms with Crippen LogP contribution in [0.3, 0.4) is 0 Å². The van der Waals surface area contributed by atoms with Crippen LogP contribution in [0.5, 0.6) is 0 Å². The van der Waals surface area contributed by atoms with Crippen LogP contribution in [0, 0.1) is 5.92 Å². The normalized spacial score (nSPS) is 21.4. The van der Waals surface area contributed by atoms with Crippen LogP contribution in [0.1, 0.15) is 37.1 Å². The number of hydrogen-bond acceptors (Lipinski definition) is 4. The van der Waals surface area contributed by atoms with Crippen LogP contribution >= 0.6 is 22.0 Å². The third-order valence-corrected chi connectivity index (χ3v) is 5.70. The topological polar surface area (TPSA) is 54.5 Å². The molecule has 0 aromatic carbocycles. The second-order valence-electron chi connectivity index (χ2n) is 5.14. The average molecular weight is 336 g/mol. The van der Waals surface area contributed by atoms with Gasteiger partial charge in [-0.2, -0.15) is 0 Å². The van der Waals surface area contributed by atoms with E-state index in [-0.39, 0.29) is 30.0 Å². The predicted molar refractivity (Wildman–Crippen MR) is 81.4 cm³/mol. The summed E-state index contributed by atoms with van der Waals surface area (Å²) in [7, 11) is 1.74. The maximum atomic E-state index is 12.2. The van der Waals surface area contributed by atoms with Gasteiger partial charge in [-0.3, -0.25) is 4.79 Å². The van der Waals surface area contributed by atoms with Crippen molar-refractivity contribution in [2.24, 2.45) is 5.92 Å². The number of nitrogens with zero attached hydrogens (tertiary/aromatic N) is 1. The minimum atomic E-state index is -3.55. The van der Waals surface area contributed by atoms with Gasteiger partial charge >= 0.3 is 0 Å². The summed E-state index contributed by atoms with van der Waals surface area (Å²) in [5.41, 5.74) is 0. The molecule has 0 N–H and O–H groups in total. The Kier molecular flexibility index (Phi) is 5.09. The highest BCUT2D eigenvalue weighted by Crippen LogP contribution is 2.34. The first kappa shape index (κ1) is 15.8. The molecule has 1 amide bonds. The molecule has 2 atom stereocenters. The summed E-state index contributed by atoms with van der Waals surface area (Å²) >= 11 is 1.64. The van der Waals surface area contributed by atoms with Crippen LogP contribution in [0.2, 0.25) is 0 Å². The minimum Gasteiger partial charge on any atom is -0.335 e. The highest BCUT2D eigenvalue weighted by Gasteiger charge is 2.36. The number of halogens is 1. The molecule has 0 aliphatic carbocycles. The zero-order chi connectivity index (χ0) is 14.8. The lowest BCUT2D eigenvalue weighted by molar-refractivity contribution is -0.129. The Hall–Kier alpha value is -0.590. The zero-order valence-corrected chi connectivity index (χ0v) is 13.7. The number of carbonyl (C=O) groups excluding carboxylic acids is 1. The standard InChI is InChI=1S/C13H18ClNO3S2/c1-2-4-11(12-5-3-6-19-12)15-8-10(7-13(15)16)9-20(14,17)18/h3,5-6,10-11H,2,4,7-9H2,1H3. The smallest absolute Gasteiger partial charge is 0.232 e. The average Bonchev–Trinajstić information content (AvgIpc) is 2.94. The first-order valence-corrected chi connectivity index (χ1v) is 10.0.